The van der Waals surface area contributed by atoms with E-state index in [2.05, 4.69) is 33.4 Å². The molecule has 2 unspecified atom stereocenters. The molecule has 2 atom stereocenters. The molecule has 0 amide bonds. The van der Waals surface area contributed by atoms with Crippen LogP contribution in [0.1, 0.15) is 40.7 Å². The number of β-amino-alcohol motifs (C(OH)–C–C–N with tert-alkyl or cyclic N) is 1. The van der Waals surface area contributed by atoms with Crippen molar-refractivity contribution in [1.29, 1.82) is 5.26 Å². The van der Waals surface area contributed by atoms with Crippen molar-refractivity contribution in [3.8, 4) is 34.4 Å². The van der Waals surface area contributed by atoms with Crippen molar-refractivity contribution in [3.63, 3.8) is 0 Å². The molecule has 4 N–H and O–H groups in total. The highest BCUT2D eigenvalue weighted by atomic mass is 35.5. The van der Waals surface area contributed by atoms with Gasteiger partial charge in [0.2, 0.25) is 0 Å². The Morgan fingerprint density at radius 3 is 2.62 bits per heavy atom. The molecule has 5 rings (SSSR count). The van der Waals surface area contributed by atoms with Crippen LogP contribution in [0.25, 0.3) is 11.1 Å². The number of halogens is 1. The number of rotatable bonds is 17. The predicted octanol–water partition coefficient (Wildman–Crippen LogP) is 5.11. The molecule has 12 heteroatoms. The van der Waals surface area contributed by atoms with Crippen LogP contribution in [0.3, 0.4) is 0 Å². The molecule has 1 aliphatic rings. The normalized spacial score (nSPS) is 15.0. The predicted molar refractivity (Wildman–Crippen MR) is 188 cm³/mol. The maximum Gasteiger partial charge on any atom is 0.323 e. The first-order valence-corrected chi connectivity index (χ1v) is 16.8. The molecule has 1 fully saturated rings. The van der Waals surface area contributed by atoms with Gasteiger partial charge < -0.3 is 34.4 Å². The molecule has 1 aliphatic heterocycles. The highest BCUT2D eigenvalue weighted by molar-refractivity contribution is 6.32. The quantitative estimate of drug-likeness (QED) is 0.109. The van der Waals surface area contributed by atoms with E-state index in [0.29, 0.717) is 39.8 Å². The van der Waals surface area contributed by atoms with E-state index >= 15 is 0 Å². The first-order chi connectivity index (χ1) is 24.2. The molecule has 50 heavy (non-hydrogen) atoms. The second-order valence-corrected chi connectivity index (χ2v) is 12.6. The van der Waals surface area contributed by atoms with E-state index in [4.69, 9.17) is 25.8 Å². The van der Waals surface area contributed by atoms with Crippen LogP contribution in [0, 0.1) is 18.3 Å². The number of aliphatic hydroxyl groups is 2. The number of carboxylic acids is 1. The Labute approximate surface area is 296 Å². The van der Waals surface area contributed by atoms with Crippen molar-refractivity contribution in [2.75, 3.05) is 32.8 Å². The van der Waals surface area contributed by atoms with Gasteiger partial charge in [0.05, 0.1) is 29.9 Å². The van der Waals surface area contributed by atoms with Crippen LogP contribution >= 0.6 is 11.6 Å². The van der Waals surface area contributed by atoms with Gasteiger partial charge in [0.1, 0.15) is 42.6 Å². The smallest absolute Gasteiger partial charge is 0.323 e. The van der Waals surface area contributed by atoms with Gasteiger partial charge in [-0.25, -0.2) is 0 Å². The molecule has 262 valence electrons. The van der Waals surface area contributed by atoms with Gasteiger partial charge in [-0.05, 0) is 66.3 Å². The number of nitriles is 1. The summed E-state index contributed by atoms with van der Waals surface area (Å²) in [6.45, 7) is 4.97. The van der Waals surface area contributed by atoms with Crippen LogP contribution in [0.4, 0.5) is 0 Å². The number of pyridine rings is 1. The minimum Gasteiger partial charge on any atom is -0.493 e. The summed E-state index contributed by atoms with van der Waals surface area (Å²) in [6, 6.07) is 19.9. The van der Waals surface area contributed by atoms with E-state index in [1.807, 2.05) is 37.3 Å². The van der Waals surface area contributed by atoms with Crippen LogP contribution in [0.5, 0.6) is 17.2 Å². The van der Waals surface area contributed by atoms with Crippen molar-refractivity contribution < 1.29 is 34.3 Å². The van der Waals surface area contributed by atoms with Crippen LogP contribution in [-0.2, 0) is 24.6 Å². The lowest BCUT2D eigenvalue weighted by molar-refractivity contribution is -0.140. The van der Waals surface area contributed by atoms with Crippen LogP contribution in [0.2, 0.25) is 5.02 Å². The van der Waals surface area contributed by atoms with E-state index < -0.39 is 18.6 Å². The zero-order valence-corrected chi connectivity index (χ0v) is 28.6. The molecule has 0 aliphatic carbocycles. The standard InChI is InChI=1S/C38H41ClN4O7/c1-25-32(7-3-8-35(25)48-12-4-10-43-11-9-31(45)21-43)29-6-2-5-26(14-29)23-50-37-16-36(49-24-28-13-27(17-40)18-41-19-28)30(15-33(37)39)20-42-34(22-44)38(46)47/h2-3,5-8,13-16,18-19,31,34,42,44-45H,4,9-12,20-24H2,1H3,(H,46,47). The number of nitrogens with zero attached hydrogens (tertiary/aromatic N) is 3. The summed E-state index contributed by atoms with van der Waals surface area (Å²) in [4.78, 5) is 17.8. The first-order valence-electron chi connectivity index (χ1n) is 16.4. The molecular formula is C38H41ClN4O7. The molecular weight excluding hydrogens is 660 g/mol. The Kier molecular flexibility index (Phi) is 13.0. The minimum absolute atomic E-state index is 0.0517. The number of likely N-dealkylation sites (tertiary alicyclic amines) is 1. The SMILES string of the molecule is Cc1c(OCCCN2CCC(O)C2)cccc1-c1cccc(COc2cc(OCc3cncc(C#N)c3)c(CNC(CO)C(=O)O)cc2Cl)c1. The number of carbonyl (C=O) groups is 1. The van der Waals surface area contributed by atoms with Crippen LogP contribution in [-0.4, -0.2) is 76.2 Å². The van der Waals surface area contributed by atoms with Crippen molar-refractivity contribution in [3.05, 3.63) is 106 Å². The van der Waals surface area contributed by atoms with Gasteiger partial charge >= 0.3 is 5.97 Å². The molecule has 11 nitrogen and oxygen atoms in total. The van der Waals surface area contributed by atoms with Gasteiger partial charge in [-0.1, -0.05) is 41.9 Å². The molecule has 0 saturated carbocycles. The summed E-state index contributed by atoms with van der Waals surface area (Å²) in [5.74, 6) is 0.405. The fraction of sp³-hybridized carbons (Fsp3) is 0.342. The highest BCUT2D eigenvalue weighted by Crippen LogP contribution is 2.35. The molecule has 0 radical (unpaired) electrons. The maximum absolute atomic E-state index is 11.5. The van der Waals surface area contributed by atoms with E-state index in [1.165, 1.54) is 6.20 Å². The Bertz CT molecular complexity index is 1810. The van der Waals surface area contributed by atoms with E-state index in [-0.39, 0.29) is 25.9 Å². The maximum atomic E-state index is 11.5. The summed E-state index contributed by atoms with van der Waals surface area (Å²) < 4.78 is 18.4. The van der Waals surface area contributed by atoms with Crippen LogP contribution < -0.4 is 19.5 Å². The number of aliphatic hydroxyl groups excluding tert-OH is 2. The average Bonchev–Trinajstić information content (AvgIpc) is 3.54. The van der Waals surface area contributed by atoms with Crippen molar-refractivity contribution in [2.45, 2.75) is 51.7 Å². The second-order valence-electron chi connectivity index (χ2n) is 12.2. The van der Waals surface area contributed by atoms with Gasteiger partial charge in [-0.3, -0.25) is 15.1 Å². The Hall–Kier alpha value is -4.70. The van der Waals surface area contributed by atoms with Gasteiger partial charge in [-0.2, -0.15) is 5.26 Å². The van der Waals surface area contributed by atoms with E-state index in [9.17, 15) is 25.4 Å². The summed E-state index contributed by atoms with van der Waals surface area (Å²) in [5, 5.41) is 40.9. The molecule has 4 aromatic rings. The fourth-order valence-corrected chi connectivity index (χ4v) is 6.01. The van der Waals surface area contributed by atoms with Gasteiger partial charge in [0.25, 0.3) is 0 Å². The zero-order valence-electron chi connectivity index (χ0n) is 27.8. The molecule has 3 aromatic carbocycles. The number of carboxylic acid groups (broad SMARTS) is 1. The molecule has 2 heterocycles. The second kappa shape index (κ2) is 17.8. The topological polar surface area (TPSA) is 157 Å². The average molecular weight is 701 g/mol. The third-order valence-electron chi connectivity index (χ3n) is 8.49. The number of aliphatic carboxylic acids is 1. The monoisotopic (exact) mass is 700 g/mol. The summed E-state index contributed by atoms with van der Waals surface area (Å²) >= 11 is 6.65. The van der Waals surface area contributed by atoms with Gasteiger partial charge in [0, 0.05) is 55.8 Å². The molecule has 0 spiro atoms. The lowest BCUT2D eigenvalue weighted by Crippen LogP contribution is -2.39. The number of hydrogen-bond acceptors (Lipinski definition) is 10. The number of nitrogens with one attached hydrogen (secondary N) is 1. The van der Waals surface area contributed by atoms with Crippen molar-refractivity contribution in [1.82, 2.24) is 15.2 Å². The summed E-state index contributed by atoms with van der Waals surface area (Å²) in [6.07, 6.45) is 4.55. The van der Waals surface area contributed by atoms with Gasteiger partial charge in [-0.15, -0.1) is 0 Å². The third kappa shape index (κ3) is 9.94. The summed E-state index contributed by atoms with van der Waals surface area (Å²) in [5.41, 5.74) is 5.64. The van der Waals surface area contributed by atoms with Gasteiger partial charge in [0.15, 0.2) is 0 Å². The summed E-state index contributed by atoms with van der Waals surface area (Å²) in [7, 11) is 0. The lowest BCUT2D eigenvalue weighted by atomic mass is 9.98. The third-order valence-corrected chi connectivity index (χ3v) is 8.79. The number of aromatic nitrogens is 1. The van der Waals surface area contributed by atoms with Crippen molar-refractivity contribution >= 4 is 17.6 Å². The largest absolute Gasteiger partial charge is 0.493 e. The number of hydrogen-bond donors (Lipinski definition) is 4. The minimum atomic E-state index is -1.19. The molecule has 1 aromatic heterocycles. The Morgan fingerprint density at radius 2 is 1.86 bits per heavy atom. The van der Waals surface area contributed by atoms with Crippen LogP contribution in [0.15, 0.2) is 73.1 Å². The molecule has 0 bridgehead atoms. The first kappa shape index (κ1) is 36.6. The Balaban J connectivity index is 1.27. The Morgan fingerprint density at radius 1 is 1.06 bits per heavy atom. The van der Waals surface area contributed by atoms with Crippen molar-refractivity contribution in [2.24, 2.45) is 0 Å². The lowest BCUT2D eigenvalue weighted by Gasteiger charge is -2.18. The number of ether oxygens (including phenoxy) is 3. The number of benzene rings is 3. The fourth-order valence-electron chi connectivity index (χ4n) is 5.77. The highest BCUT2D eigenvalue weighted by Gasteiger charge is 2.20. The molecule has 1 saturated heterocycles. The van der Waals surface area contributed by atoms with E-state index in [1.54, 1.807) is 24.4 Å². The van der Waals surface area contributed by atoms with E-state index in [0.717, 1.165) is 60.5 Å². The zero-order chi connectivity index (χ0) is 35.5.